The summed E-state index contributed by atoms with van der Waals surface area (Å²) in [5.41, 5.74) is -2.08. The number of carbonyl (C=O) groups is 2. The lowest BCUT2D eigenvalue weighted by Crippen LogP contribution is -2.41. The predicted molar refractivity (Wildman–Crippen MR) is 50.5 cm³/mol. The topological polar surface area (TPSA) is 121 Å². The first-order valence-corrected chi connectivity index (χ1v) is 5.08. The number of carbonyl (C=O) groups excluding carboxylic acids is 2. The van der Waals surface area contributed by atoms with Gasteiger partial charge in [-0.05, 0) is 0 Å². The standard InChI is InChI=1S/C8H10Cl2O6/c9-1-3(11)5(7(13)14)6(8(15)16)4(12)2-10/h3-4,11-12H,1-2H2,(H,13,14)(H,15,16)/p-2/b6-5+. The lowest BCUT2D eigenvalue weighted by atomic mass is 10.00. The SMILES string of the molecule is O=C([O-])/C(=C(/C(=O)[O-])C(O)CCl)C(O)CCl. The molecule has 2 N–H and O–H groups in total. The van der Waals surface area contributed by atoms with Crippen LogP contribution in [0.3, 0.4) is 0 Å². The molecule has 0 aromatic carbocycles. The molecule has 0 aliphatic heterocycles. The quantitative estimate of drug-likeness (QED) is 0.392. The van der Waals surface area contributed by atoms with E-state index in [1.54, 1.807) is 0 Å². The Kier molecular flexibility index (Phi) is 6.35. The van der Waals surface area contributed by atoms with Crippen molar-refractivity contribution in [1.29, 1.82) is 0 Å². The molecule has 0 aliphatic carbocycles. The summed E-state index contributed by atoms with van der Waals surface area (Å²) < 4.78 is 0. The maximum atomic E-state index is 10.6. The van der Waals surface area contributed by atoms with Crippen molar-refractivity contribution in [2.24, 2.45) is 0 Å². The Morgan fingerprint density at radius 1 is 0.938 bits per heavy atom. The van der Waals surface area contributed by atoms with Gasteiger partial charge in [-0.2, -0.15) is 0 Å². The first-order valence-electron chi connectivity index (χ1n) is 4.01. The second kappa shape index (κ2) is 6.70. The van der Waals surface area contributed by atoms with Crippen LogP contribution in [0.25, 0.3) is 0 Å². The first kappa shape index (κ1) is 15.2. The third-order valence-electron chi connectivity index (χ3n) is 1.69. The van der Waals surface area contributed by atoms with Gasteiger partial charge in [0.25, 0.3) is 0 Å². The van der Waals surface area contributed by atoms with Crippen LogP contribution in [0, 0.1) is 0 Å². The van der Waals surface area contributed by atoms with Gasteiger partial charge in [0.2, 0.25) is 0 Å². The van der Waals surface area contributed by atoms with Crippen molar-refractivity contribution >= 4 is 35.1 Å². The van der Waals surface area contributed by atoms with Crippen molar-refractivity contribution in [3.63, 3.8) is 0 Å². The normalized spacial score (nSPS) is 16.2. The number of hydrogen-bond donors (Lipinski definition) is 2. The maximum Gasteiger partial charge on any atom is 0.0947 e. The Labute approximate surface area is 101 Å². The zero-order chi connectivity index (χ0) is 12.9. The molecule has 0 rings (SSSR count). The third kappa shape index (κ3) is 3.64. The highest BCUT2D eigenvalue weighted by molar-refractivity contribution is 6.19. The first-order chi connectivity index (χ1) is 7.36. The number of carboxylic acids is 2. The van der Waals surface area contributed by atoms with E-state index < -0.39 is 47.1 Å². The zero-order valence-corrected chi connectivity index (χ0v) is 9.36. The van der Waals surface area contributed by atoms with Crippen molar-refractivity contribution in [1.82, 2.24) is 0 Å². The summed E-state index contributed by atoms with van der Waals surface area (Å²) in [4.78, 5) is 21.3. The van der Waals surface area contributed by atoms with Gasteiger partial charge in [-0.1, -0.05) is 0 Å². The summed E-state index contributed by atoms with van der Waals surface area (Å²) >= 11 is 10.4. The molecule has 0 radical (unpaired) electrons. The van der Waals surface area contributed by atoms with E-state index in [1.807, 2.05) is 0 Å². The van der Waals surface area contributed by atoms with Crippen molar-refractivity contribution < 1.29 is 30.0 Å². The van der Waals surface area contributed by atoms with E-state index in [0.717, 1.165) is 0 Å². The average molecular weight is 271 g/mol. The van der Waals surface area contributed by atoms with E-state index >= 15 is 0 Å². The van der Waals surface area contributed by atoms with Crippen LogP contribution in [-0.2, 0) is 9.59 Å². The Balaban J connectivity index is 5.63. The van der Waals surface area contributed by atoms with Crippen LogP contribution < -0.4 is 10.2 Å². The van der Waals surface area contributed by atoms with E-state index in [0.29, 0.717) is 0 Å². The number of alkyl halides is 2. The van der Waals surface area contributed by atoms with Gasteiger partial charge in [0.15, 0.2) is 0 Å². The number of halogens is 2. The largest absolute Gasteiger partial charge is 0.545 e. The van der Waals surface area contributed by atoms with Crippen LogP contribution in [0.5, 0.6) is 0 Å². The monoisotopic (exact) mass is 270 g/mol. The third-order valence-corrected chi connectivity index (χ3v) is 2.27. The minimum atomic E-state index is -1.96. The molecule has 0 spiro atoms. The van der Waals surface area contributed by atoms with Gasteiger partial charge in [0, 0.05) is 11.1 Å². The number of hydrogen-bond acceptors (Lipinski definition) is 6. The van der Waals surface area contributed by atoms with Gasteiger partial charge >= 0.3 is 0 Å². The van der Waals surface area contributed by atoms with Crippen LogP contribution in [0.15, 0.2) is 11.1 Å². The van der Waals surface area contributed by atoms with Crippen molar-refractivity contribution in [3.8, 4) is 0 Å². The molecule has 8 heteroatoms. The van der Waals surface area contributed by atoms with Gasteiger partial charge in [-0.15, -0.1) is 23.2 Å². The van der Waals surface area contributed by atoms with Crippen LogP contribution in [0.2, 0.25) is 0 Å². The van der Waals surface area contributed by atoms with E-state index in [9.17, 15) is 30.0 Å². The van der Waals surface area contributed by atoms with Crippen LogP contribution in [0.1, 0.15) is 0 Å². The molecule has 0 bridgehead atoms. The van der Waals surface area contributed by atoms with Crippen molar-refractivity contribution in [3.05, 3.63) is 11.1 Å². The average Bonchev–Trinajstić information content (AvgIpc) is 2.22. The van der Waals surface area contributed by atoms with Gasteiger partial charge in [-0.25, -0.2) is 0 Å². The molecule has 6 nitrogen and oxygen atoms in total. The molecular formula is C8H8Cl2O6-2. The maximum absolute atomic E-state index is 10.6. The molecule has 0 saturated carbocycles. The fraction of sp³-hybridized carbons (Fsp3) is 0.500. The molecular weight excluding hydrogens is 263 g/mol. The molecule has 0 saturated heterocycles. The molecule has 2 unspecified atom stereocenters. The molecule has 0 aromatic rings. The summed E-state index contributed by atoms with van der Waals surface area (Å²) in [5.74, 6) is -5.07. The number of aliphatic hydroxyl groups excluding tert-OH is 2. The highest BCUT2D eigenvalue weighted by Crippen LogP contribution is 2.15. The predicted octanol–water partition coefficient (Wildman–Crippen LogP) is -3.02. The Morgan fingerprint density at radius 3 is 1.31 bits per heavy atom. The Bertz CT molecular complexity index is 284. The minimum absolute atomic E-state index is 0.574. The molecule has 0 aliphatic rings. The lowest BCUT2D eigenvalue weighted by Gasteiger charge is -2.22. The number of rotatable bonds is 6. The van der Waals surface area contributed by atoms with E-state index in [-0.39, 0.29) is 0 Å². The highest BCUT2D eigenvalue weighted by Gasteiger charge is 2.22. The molecule has 0 aromatic heterocycles. The second-order valence-corrected chi connectivity index (χ2v) is 3.36. The van der Waals surface area contributed by atoms with E-state index in [4.69, 9.17) is 23.2 Å². The second-order valence-electron chi connectivity index (χ2n) is 2.74. The molecule has 0 heterocycles. The summed E-state index contributed by atoms with van der Waals surface area (Å²) in [5, 5.41) is 39.7. The minimum Gasteiger partial charge on any atom is -0.545 e. The van der Waals surface area contributed by atoms with E-state index in [1.165, 1.54) is 0 Å². The summed E-state index contributed by atoms with van der Waals surface area (Å²) in [6, 6.07) is 0. The number of aliphatic carboxylic acids is 2. The van der Waals surface area contributed by atoms with Crippen molar-refractivity contribution in [2.75, 3.05) is 11.8 Å². The lowest BCUT2D eigenvalue weighted by molar-refractivity contribution is -0.305. The molecule has 2 atom stereocenters. The van der Waals surface area contributed by atoms with Gasteiger partial charge in [0.1, 0.15) is 0 Å². The number of carboxylic acid groups (broad SMARTS) is 2. The van der Waals surface area contributed by atoms with Gasteiger partial charge in [0.05, 0.1) is 35.9 Å². The molecule has 16 heavy (non-hydrogen) atoms. The Morgan fingerprint density at radius 2 is 1.19 bits per heavy atom. The van der Waals surface area contributed by atoms with Crippen LogP contribution >= 0.6 is 23.2 Å². The molecule has 0 fully saturated rings. The fourth-order valence-corrected chi connectivity index (χ4v) is 1.31. The molecule has 0 amide bonds. The van der Waals surface area contributed by atoms with Gasteiger partial charge < -0.3 is 30.0 Å². The molecule has 92 valence electrons. The summed E-state index contributed by atoms with van der Waals surface area (Å²) in [7, 11) is 0. The summed E-state index contributed by atoms with van der Waals surface area (Å²) in [6.45, 7) is 0. The summed E-state index contributed by atoms with van der Waals surface area (Å²) in [6.07, 6.45) is -3.59. The van der Waals surface area contributed by atoms with Crippen LogP contribution in [0.4, 0.5) is 0 Å². The van der Waals surface area contributed by atoms with Gasteiger partial charge in [-0.3, -0.25) is 0 Å². The highest BCUT2D eigenvalue weighted by atomic mass is 35.5. The zero-order valence-electron chi connectivity index (χ0n) is 7.85. The van der Waals surface area contributed by atoms with E-state index in [2.05, 4.69) is 0 Å². The van der Waals surface area contributed by atoms with Crippen molar-refractivity contribution in [2.45, 2.75) is 12.2 Å². The van der Waals surface area contributed by atoms with Crippen LogP contribution in [-0.4, -0.2) is 46.1 Å². The Hall–Kier alpha value is -0.820. The smallest absolute Gasteiger partial charge is 0.0947 e. The fourth-order valence-electron chi connectivity index (χ4n) is 1.01. The number of aliphatic hydroxyl groups is 2.